The maximum atomic E-state index is 14.5. The fourth-order valence-corrected chi connectivity index (χ4v) is 5.02. The summed E-state index contributed by atoms with van der Waals surface area (Å²) in [7, 11) is -3.40. The van der Waals surface area contributed by atoms with Gasteiger partial charge in [-0.05, 0) is 56.1 Å². The number of aromatic nitrogens is 2. The van der Waals surface area contributed by atoms with Gasteiger partial charge in [0.1, 0.15) is 17.3 Å². The Balaban J connectivity index is 1.27. The molecule has 1 aromatic heterocycles. The van der Waals surface area contributed by atoms with E-state index in [1.165, 1.54) is 6.07 Å². The number of rotatable bonds is 16. The normalized spacial score (nSPS) is 14.6. The molecule has 1 aliphatic rings. The van der Waals surface area contributed by atoms with Gasteiger partial charge in [-0.15, -0.1) is 0 Å². The number of ether oxygens (including phenoxy) is 1. The monoisotopic (exact) mass is 569 g/mol. The maximum absolute atomic E-state index is 14.5. The molecule has 0 unspecified atom stereocenters. The maximum Gasteiger partial charge on any atom is 0.264 e. The number of nitrogens with zero attached hydrogens (tertiary/aromatic N) is 3. The van der Waals surface area contributed by atoms with Crippen LogP contribution in [0.3, 0.4) is 0 Å². The number of Topliss-reactive ketones (excluding diaryl/α,β-unsaturated/α-hetero) is 1. The van der Waals surface area contributed by atoms with E-state index in [-0.39, 0.29) is 18.8 Å². The van der Waals surface area contributed by atoms with Gasteiger partial charge in [0.25, 0.3) is 10.1 Å². The summed E-state index contributed by atoms with van der Waals surface area (Å²) in [5, 5.41) is 0.534. The molecule has 2 aromatic rings. The molecule has 1 fully saturated rings. The van der Waals surface area contributed by atoms with Crippen LogP contribution in [0.1, 0.15) is 63.4 Å². The Bertz CT molecular complexity index is 1130. The number of benzene rings is 1. The Morgan fingerprint density at radius 3 is 2.47 bits per heavy atom. The van der Waals surface area contributed by atoms with Gasteiger partial charge in [0.15, 0.2) is 0 Å². The first kappa shape index (κ1) is 30.2. The Hall–Kier alpha value is -2.30. The number of hydrogen-bond donors (Lipinski definition) is 0. The first-order valence-corrected chi connectivity index (χ1v) is 15.4. The standard InChI is InChI=1S/C27H37ClFN3O5S/c1-38(34,35)37-16-5-3-2-4-8-24(33)17-22-9-10-25(18-26(22)29)36-15-6-7-21-11-13-32(14-12-21)27-30-19-23(28)20-31-27/h9-10,18-21H,2-8,11-17H2,1H3. The molecule has 1 saturated heterocycles. The highest BCUT2D eigenvalue weighted by Gasteiger charge is 2.20. The summed E-state index contributed by atoms with van der Waals surface area (Å²) in [6, 6.07) is 4.70. The number of anilines is 1. The van der Waals surface area contributed by atoms with E-state index in [2.05, 4.69) is 19.1 Å². The summed E-state index contributed by atoms with van der Waals surface area (Å²) in [5.41, 5.74) is 0.375. The van der Waals surface area contributed by atoms with Crippen LogP contribution in [0.25, 0.3) is 0 Å². The van der Waals surface area contributed by atoms with E-state index in [0.717, 1.165) is 63.8 Å². The van der Waals surface area contributed by atoms with E-state index in [4.69, 9.17) is 16.3 Å². The smallest absolute Gasteiger partial charge is 0.264 e. The average Bonchev–Trinajstić information content (AvgIpc) is 2.88. The summed E-state index contributed by atoms with van der Waals surface area (Å²) >= 11 is 5.86. The highest BCUT2D eigenvalue weighted by atomic mass is 35.5. The lowest BCUT2D eigenvalue weighted by Gasteiger charge is -2.31. The molecular weight excluding hydrogens is 533 g/mol. The third kappa shape index (κ3) is 11.2. The molecule has 0 aliphatic carbocycles. The Morgan fingerprint density at radius 2 is 1.79 bits per heavy atom. The third-order valence-electron chi connectivity index (χ3n) is 6.59. The number of carbonyl (C=O) groups is 1. The van der Waals surface area contributed by atoms with E-state index in [0.29, 0.717) is 48.1 Å². The fourth-order valence-electron chi connectivity index (χ4n) is 4.50. The Morgan fingerprint density at radius 1 is 1.08 bits per heavy atom. The average molecular weight is 570 g/mol. The van der Waals surface area contributed by atoms with Gasteiger partial charge in [-0.25, -0.2) is 14.4 Å². The van der Waals surface area contributed by atoms with Gasteiger partial charge in [0, 0.05) is 32.0 Å². The minimum Gasteiger partial charge on any atom is -0.493 e. The predicted molar refractivity (Wildman–Crippen MR) is 146 cm³/mol. The zero-order valence-electron chi connectivity index (χ0n) is 21.9. The van der Waals surface area contributed by atoms with Crippen LogP contribution in [0.2, 0.25) is 5.02 Å². The van der Waals surface area contributed by atoms with Gasteiger partial charge in [-0.3, -0.25) is 8.98 Å². The lowest BCUT2D eigenvalue weighted by atomic mass is 9.92. The lowest BCUT2D eigenvalue weighted by Crippen LogP contribution is -2.34. The molecule has 1 aliphatic heterocycles. The minimum atomic E-state index is -3.40. The lowest BCUT2D eigenvalue weighted by molar-refractivity contribution is -0.118. The molecule has 11 heteroatoms. The van der Waals surface area contributed by atoms with Crippen molar-refractivity contribution < 1.29 is 26.5 Å². The first-order valence-electron chi connectivity index (χ1n) is 13.2. The van der Waals surface area contributed by atoms with Gasteiger partial charge in [0.05, 0.1) is 36.9 Å². The van der Waals surface area contributed by atoms with Crippen LogP contribution in [0.4, 0.5) is 10.3 Å². The van der Waals surface area contributed by atoms with E-state index in [1.54, 1.807) is 24.5 Å². The van der Waals surface area contributed by atoms with Crippen molar-refractivity contribution in [2.75, 3.05) is 37.5 Å². The molecule has 0 amide bonds. The summed E-state index contributed by atoms with van der Waals surface area (Å²) in [5.74, 6) is 1.37. The summed E-state index contributed by atoms with van der Waals surface area (Å²) in [4.78, 5) is 23.0. The zero-order chi connectivity index (χ0) is 27.4. The molecule has 1 aromatic carbocycles. The van der Waals surface area contributed by atoms with Crippen LogP contribution in [-0.2, 0) is 25.5 Å². The van der Waals surface area contributed by atoms with Crippen molar-refractivity contribution in [3.8, 4) is 5.75 Å². The second-order valence-corrected chi connectivity index (χ2v) is 11.9. The van der Waals surface area contributed by atoms with Crippen LogP contribution in [0.5, 0.6) is 5.75 Å². The van der Waals surface area contributed by atoms with Gasteiger partial charge in [0.2, 0.25) is 5.95 Å². The topological polar surface area (TPSA) is 98.7 Å². The first-order chi connectivity index (χ1) is 18.2. The van der Waals surface area contributed by atoms with E-state index >= 15 is 0 Å². The van der Waals surface area contributed by atoms with Gasteiger partial charge < -0.3 is 9.64 Å². The quantitative estimate of drug-likeness (QED) is 0.196. The van der Waals surface area contributed by atoms with Crippen molar-refractivity contribution in [1.82, 2.24) is 9.97 Å². The molecule has 38 heavy (non-hydrogen) atoms. The second-order valence-electron chi connectivity index (χ2n) is 9.78. The molecular formula is C27H37ClFN3O5S. The zero-order valence-corrected chi connectivity index (χ0v) is 23.5. The van der Waals surface area contributed by atoms with Crippen LogP contribution in [-0.4, -0.2) is 56.7 Å². The van der Waals surface area contributed by atoms with Crippen molar-refractivity contribution in [2.45, 2.75) is 64.2 Å². The molecule has 0 N–H and O–H groups in total. The number of carbonyl (C=O) groups excluding carboxylic acids is 1. The molecule has 3 rings (SSSR count). The van der Waals surface area contributed by atoms with Gasteiger partial charge in [-0.2, -0.15) is 8.42 Å². The molecule has 210 valence electrons. The molecule has 2 heterocycles. The second kappa shape index (κ2) is 15.3. The SMILES string of the molecule is CS(=O)(=O)OCCCCCCC(=O)Cc1ccc(OCCCC2CCN(c3ncc(Cl)cn3)CC2)cc1F. The molecule has 0 saturated carbocycles. The van der Waals surface area contributed by atoms with E-state index < -0.39 is 15.9 Å². The van der Waals surface area contributed by atoms with Crippen molar-refractivity contribution in [3.63, 3.8) is 0 Å². The number of unbranched alkanes of at least 4 members (excludes halogenated alkanes) is 3. The summed E-state index contributed by atoms with van der Waals surface area (Å²) < 4.78 is 46.8. The van der Waals surface area contributed by atoms with E-state index in [1.807, 2.05) is 0 Å². The summed E-state index contributed by atoms with van der Waals surface area (Å²) in [6.07, 6.45) is 11.7. The number of hydrogen-bond acceptors (Lipinski definition) is 8. The molecule has 0 bridgehead atoms. The largest absolute Gasteiger partial charge is 0.493 e. The molecule has 0 atom stereocenters. The molecule has 0 spiro atoms. The molecule has 0 radical (unpaired) electrons. The van der Waals surface area contributed by atoms with E-state index in [9.17, 15) is 17.6 Å². The van der Waals surface area contributed by atoms with Gasteiger partial charge in [-0.1, -0.05) is 30.5 Å². The highest BCUT2D eigenvalue weighted by molar-refractivity contribution is 7.85. The van der Waals surface area contributed by atoms with Crippen LogP contribution in [0.15, 0.2) is 30.6 Å². The predicted octanol–water partition coefficient (Wildman–Crippen LogP) is 5.38. The number of halogens is 2. The van der Waals surface area contributed by atoms with Crippen LogP contribution >= 0.6 is 11.6 Å². The van der Waals surface area contributed by atoms with Crippen molar-refractivity contribution >= 4 is 33.5 Å². The van der Waals surface area contributed by atoms with Gasteiger partial charge >= 0.3 is 0 Å². The Labute approximate surface area is 230 Å². The number of ketones is 1. The summed E-state index contributed by atoms with van der Waals surface area (Å²) in [6.45, 7) is 2.51. The Kier molecular flexibility index (Phi) is 12.2. The van der Waals surface area contributed by atoms with Crippen molar-refractivity contribution in [2.24, 2.45) is 5.92 Å². The highest BCUT2D eigenvalue weighted by Crippen LogP contribution is 2.25. The van der Waals surface area contributed by atoms with Crippen LogP contribution in [0, 0.1) is 11.7 Å². The molecule has 8 nitrogen and oxygen atoms in total. The minimum absolute atomic E-state index is 0.0152. The third-order valence-corrected chi connectivity index (χ3v) is 7.38. The number of piperidine rings is 1. The van der Waals surface area contributed by atoms with Crippen LogP contribution < -0.4 is 9.64 Å². The van der Waals surface area contributed by atoms with Crippen molar-refractivity contribution in [3.05, 3.63) is 47.0 Å². The fraction of sp³-hybridized carbons (Fsp3) is 0.593. The van der Waals surface area contributed by atoms with Crippen molar-refractivity contribution in [1.29, 1.82) is 0 Å².